The average molecular weight is 229 g/mol. The van der Waals surface area contributed by atoms with Crippen LogP contribution in [-0.2, 0) is 19.9 Å². The van der Waals surface area contributed by atoms with Crippen molar-refractivity contribution in [2.24, 2.45) is 7.05 Å². The highest BCUT2D eigenvalue weighted by Gasteiger charge is 2.36. The van der Waals surface area contributed by atoms with Crippen molar-refractivity contribution in [3.8, 4) is 0 Å². The second kappa shape index (κ2) is 3.80. The molecule has 2 rings (SSSR count). The Kier molecular flexibility index (Phi) is 2.77. The summed E-state index contributed by atoms with van der Waals surface area (Å²) in [4.78, 5) is 0. The Bertz CT molecular complexity index is 369. The smallest absolute Gasteiger partial charge is 0.0850 e. The predicted molar refractivity (Wildman–Crippen MR) is 60.1 cm³/mol. The Hall–Kier alpha value is -0.540. The topological polar surface area (TPSA) is 38.0 Å². The third-order valence-corrected chi connectivity index (χ3v) is 3.72. The molecule has 1 N–H and O–H groups in total. The van der Waals surface area contributed by atoms with Crippen LogP contribution in [0.25, 0.3) is 0 Å². The molecule has 1 aromatic rings. The van der Waals surface area contributed by atoms with Crippen LogP contribution in [0.2, 0.25) is 5.02 Å². The lowest BCUT2D eigenvalue weighted by Gasteiger charge is -2.36. The van der Waals surface area contributed by atoms with Crippen LogP contribution in [0.5, 0.6) is 0 Å². The number of aryl methyl sites for hydroxylation is 2. The first-order chi connectivity index (χ1) is 7.06. The predicted octanol–water partition coefficient (Wildman–Crippen LogP) is 2.09. The highest BCUT2D eigenvalue weighted by atomic mass is 35.5. The van der Waals surface area contributed by atoms with Crippen LogP contribution in [-0.4, -0.2) is 20.5 Å². The molecule has 0 spiro atoms. The van der Waals surface area contributed by atoms with Crippen LogP contribution in [0, 0.1) is 0 Å². The van der Waals surface area contributed by atoms with E-state index in [1.165, 1.54) is 0 Å². The fraction of sp³-hybridized carbons (Fsp3) is 0.727. The molecule has 0 aliphatic heterocycles. The van der Waals surface area contributed by atoms with Gasteiger partial charge < -0.3 is 5.11 Å². The second-order valence-corrected chi connectivity index (χ2v) is 4.82. The van der Waals surface area contributed by atoms with E-state index in [1.54, 1.807) is 4.68 Å². The molecule has 1 aromatic heterocycles. The maximum Gasteiger partial charge on any atom is 0.0850 e. The van der Waals surface area contributed by atoms with Crippen molar-refractivity contribution in [1.82, 2.24) is 9.78 Å². The van der Waals surface area contributed by atoms with Gasteiger partial charge in [-0.1, -0.05) is 18.5 Å². The molecule has 1 aliphatic rings. The first-order valence-electron chi connectivity index (χ1n) is 5.48. The van der Waals surface area contributed by atoms with Gasteiger partial charge in [0.25, 0.3) is 0 Å². The number of aliphatic hydroxyl groups is 1. The van der Waals surface area contributed by atoms with Crippen LogP contribution in [0.15, 0.2) is 0 Å². The number of rotatable bonds is 3. The quantitative estimate of drug-likeness (QED) is 0.861. The van der Waals surface area contributed by atoms with Gasteiger partial charge in [-0.3, -0.25) is 4.68 Å². The minimum Gasteiger partial charge on any atom is -0.389 e. The molecule has 4 heteroatoms. The van der Waals surface area contributed by atoms with E-state index in [1.807, 2.05) is 14.0 Å². The Labute approximate surface area is 95.0 Å². The number of hydrogen-bond donors (Lipinski definition) is 1. The molecular formula is C11H17ClN2O. The van der Waals surface area contributed by atoms with E-state index in [0.717, 1.165) is 42.1 Å². The summed E-state index contributed by atoms with van der Waals surface area (Å²) in [5.41, 5.74) is 1.37. The molecule has 0 unspecified atom stereocenters. The molecule has 1 heterocycles. The highest BCUT2D eigenvalue weighted by Crippen LogP contribution is 2.36. The minimum absolute atomic E-state index is 0.525. The molecule has 1 saturated carbocycles. The van der Waals surface area contributed by atoms with Crippen molar-refractivity contribution in [2.75, 3.05) is 0 Å². The Morgan fingerprint density at radius 1 is 1.53 bits per heavy atom. The standard InChI is InChI=1S/C11H17ClN2O/c1-3-8-10(12)9(14(2)13-8)7-11(15)5-4-6-11/h15H,3-7H2,1-2H3. The Morgan fingerprint density at radius 2 is 2.20 bits per heavy atom. The summed E-state index contributed by atoms with van der Waals surface area (Å²) in [5.74, 6) is 0. The third kappa shape index (κ3) is 1.91. The fourth-order valence-corrected chi connectivity index (χ4v) is 2.45. The van der Waals surface area contributed by atoms with Crippen LogP contribution in [0.4, 0.5) is 0 Å². The molecule has 3 nitrogen and oxygen atoms in total. The normalized spacial score (nSPS) is 18.9. The van der Waals surface area contributed by atoms with E-state index in [4.69, 9.17) is 11.6 Å². The van der Waals surface area contributed by atoms with Gasteiger partial charge in [0.05, 0.1) is 22.0 Å². The summed E-state index contributed by atoms with van der Waals surface area (Å²) in [7, 11) is 1.89. The van der Waals surface area contributed by atoms with Gasteiger partial charge in [0.1, 0.15) is 0 Å². The lowest BCUT2D eigenvalue weighted by molar-refractivity contribution is -0.0336. The van der Waals surface area contributed by atoms with Gasteiger partial charge in [-0.15, -0.1) is 0 Å². The fourth-order valence-electron chi connectivity index (χ4n) is 2.09. The SMILES string of the molecule is CCc1nn(C)c(CC2(O)CCC2)c1Cl. The molecule has 0 atom stereocenters. The summed E-state index contributed by atoms with van der Waals surface area (Å²) in [6.07, 6.45) is 4.36. The molecular weight excluding hydrogens is 212 g/mol. The van der Waals surface area contributed by atoms with Crippen LogP contribution < -0.4 is 0 Å². The van der Waals surface area contributed by atoms with Crippen LogP contribution in [0.1, 0.15) is 37.6 Å². The van der Waals surface area contributed by atoms with Crippen LogP contribution >= 0.6 is 11.6 Å². The zero-order chi connectivity index (χ0) is 11.1. The molecule has 0 amide bonds. The number of hydrogen-bond acceptors (Lipinski definition) is 2. The Morgan fingerprint density at radius 3 is 2.60 bits per heavy atom. The summed E-state index contributed by atoms with van der Waals surface area (Å²) >= 11 is 6.22. The van der Waals surface area contributed by atoms with Gasteiger partial charge in [0.2, 0.25) is 0 Å². The maximum absolute atomic E-state index is 10.1. The minimum atomic E-state index is -0.525. The van der Waals surface area contributed by atoms with Crippen molar-refractivity contribution >= 4 is 11.6 Å². The summed E-state index contributed by atoms with van der Waals surface area (Å²) in [6.45, 7) is 2.04. The molecule has 1 aliphatic carbocycles. The van der Waals surface area contributed by atoms with Crippen molar-refractivity contribution in [3.63, 3.8) is 0 Å². The van der Waals surface area contributed by atoms with Gasteiger partial charge in [-0.25, -0.2) is 0 Å². The van der Waals surface area contributed by atoms with Crippen molar-refractivity contribution in [1.29, 1.82) is 0 Å². The molecule has 15 heavy (non-hydrogen) atoms. The highest BCUT2D eigenvalue weighted by molar-refractivity contribution is 6.31. The molecule has 1 fully saturated rings. The van der Waals surface area contributed by atoms with Crippen molar-refractivity contribution in [2.45, 2.75) is 44.6 Å². The number of aromatic nitrogens is 2. The molecule has 84 valence electrons. The number of halogens is 1. The zero-order valence-electron chi connectivity index (χ0n) is 9.26. The van der Waals surface area contributed by atoms with Gasteiger partial charge in [-0.05, 0) is 25.7 Å². The maximum atomic E-state index is 10.1. The molecule has 0 saturated heterocycles. The zero-order valence-corrected chi connectivity index (χ0v) is 10.0. The van der Waals surface area contributed by atoms with Gasteiger partial charge >= 0.3 is 0 Å². The molecule has 0 radical (unpaired) electrons. The number of nitrogens with zero attached hydrogens (tertiary/aromatic N) is 2. The molecule has 0 aromatic carbocycles. The third-order valence-electron chi connectivity index (χ3n) is 3.28. The Balaban J connectivity index is 2.23. The second-order valence-electron chi connectivity index (χ2n) is 4.44. The lowest BCUT2D eigenvalue weighted by atomic mass is 9.77. The largest absolute Gasteiger partial charge is 0.389 e. The van der Waals surface area contributed by atoms with E-state index in [2.05, 4.69) is 5.10 Å². The van der Waals surface area contributed by atoms with Gasteiger partial charge in [0, 0.05) is 13.5 Å². The van der Waals surface area contributed by atoms with Gasteiger partial charge in [0.15, 0.2) is 0 Å². The summed E-state index contributed by atoms with van der Waals surface area (Å²) in [6, 6.07) is 0. The van der Waals surface area contributed by atoms with Crippen molar-refractivity contribution in [3.05, 3.63) is 16.4 Å². The van der Waals surface area contributed by atoms with Crippen molar-refractivity contribution < 1.29 is 5.11 Å². The molecule has 0 bridgehead atoms. The van der Waals surface area contributed by atoms with E-state index in [0.29, 0.717) is 6.42 Å². The first-order valence-corrected chi connectivity index (χ1v) is 5.86. The van der Waals surface area contributed by atoms with Gasteiger partial charge in [-0.2, -0.15) is 5.10 Å². The van der Waals surface area contributed by atoms with E-state index >= 15 is 0 Å². The summed E-state index contributed by atoms with van der Waals surface area (Å²) in [5, 5.41) is 15.2. The lowest BCUT2D eigenvalue weighted by Crippen LogP contribution is -2.39. The van der Waals surface area contributed by atoms with E-state index < -0.39 is 5.60 Å². The van der Waals surface area contributed by atoms with E-state index in [9.17, 15) is 5.11 Å². The summed E-state index contributed by atoms with van der Waals surface area (Å²) < 4.78 is 1.80. The first kappa shape index (κ1) is 11.0. The van der Waals surface area contributed by atoms with Crippen LogP contribution in [0.3, 0.4) is 0 Å². The monoisotopic (exact) mass is 228 g/mol. The van der Waals surface area contributed by atoms with E-state index in [-0.39, 0.29) is 0 Å². The average Bonchev–Trinajstić information content (AvgIpc) is 2.42.